The van der Waals surface area contributed by atoms with Gasteiger partial charge in [0.25, 0.3) is 0 Å². The largest absolute Gasteiger partial charge is 0.495 e. The SMILES string of the molecule is COc1ccc(Cl)cc1-n1c(C)cc(CO)c1C. The summed E-state index contributed by atoms with van der Waals surface area (Å²) in [5, 5.41) is 9.97. The van der Waals surface area contributed by atoms with Gasteiger partial charge in [-0.25, -0.2) is 0 Å². The van der Waals surface area contributed by atoms with E-state index in [0.29, 0.717) is 5.02 Å². The number of rotatable bonds is 3. The molecule has 1 aromatic heterocycles. The smallest absolute Gasteiger partial charge is 0.142 e. The molecule has 18 heavy (non-hydrogen) atoms. The molecule has 0 fully saturated rings. The minimum absolute atomic E-state index is 0.0303. The third-order valence-corrected chi connectivity index (χ3v) is 3.32. The summed E-state index contributed by atoms with van der Waals surface area (Å²) in [5.41, 5.74) is 3.84. The van der Waals surface area contributed by atoms with Gasteiger partial charge >= 0.3 is 0 Å². The lowest BCUT2D eigenvalue weighted by Crippen LogP contribution is -2.02. The average molecular weight is 266 g/mol. The maximum Gasteiger partial charge on any atom is 0.142 e. The number of methoxy groups -OCH3 is 1. The number of nitrogens with zero attached hydrogens (tertiary/aromatic N) is 1. The van der Waals surface area contributed by atoms with E-state index >= 15 is 0 Å². The van der Waals surface area contributed by atoms with Crippen LogP contribution in [0.1, 0.15) is 17.0 Å². The minimum Gasteiger partial charge on any atom is -0.495 e. The molecule has 0 saturated carbocycles. The Morgan fingerprint density at radius 2 is 2.00 bits per heavy atom. The molecule has 3 nitrogen and oxygen atoms in total. The molecule has 4 heteroatoms. The second-order valence-corrected chi connectivity index (χ2v) is 4.64. The Labute approximate surface area is 112 Å². The number of aromatic nitrogens is 1. The Hall–Kier alpha value is -1.45. The Balaban J connectivity index is 2.68. The zero-order valence-corrected chi connectivity index (χ0v) is 11.5. The lowest BCUT2D eigenvalue weighted by Gasteiger charge is -2.14. The number of aliphatic hydroxyl groups is 1. The molecule has 0 radical (unpaired) electrons. The molecule has 0 bridgehead atoms. The van der Waals surface area contributed by atoms with E-state index in [-0.39, 0.29) is 6.61 Å². The number of benzene rings is 1. The van der Waals surface area contributed by atoms with Gasteiger partial charge in [0, 0.05) is 16.4 Å². The molecular formula is C14H16ClNO2. The fourth-order valence-corrected chi connectivity index (χ4v) is 2.36. The van der Waals surface area contributed by atoms with Gasteiger partial charge in [0.15, 0.2) is 0 Å². The van der Waals surface area contributed by atoms with Crippen LogP contribution in [0.5, 0.6) is 5.75 Å². The van der Waals surface area contributed by atoms with E-state index in [2.05, 4.69) is 0 Å². The Morgan fingerprint density at radius 3 is 2.56 bits per heavy atom. The van der Waals surface area contributed by atoms with E-state index in [4.69, 9.17) is 16.3 Å². The quantitative estimate of drug-likeness (QED) is 0.924. The van der Waals surface area contributed by atoms with Crippen molar-refractivity contribution in [1.82, 2.24) is 4.57 Å². The molecule has 2 aromatic rings. The molecule has 0 saturated heterocycles. The fraction of sp³-hybridized carbons (Fsp3) is 0.286. The number of aliphatic hydroxyl groups excluding tert-OH is 1. The minimum atomic E-state index is 0.0303. The van der Waals surface area contributed by atoms with Gasteiger partial charge in [-0.15, -0.1) is 0 Å². The van der Waals surface area contributed by atoms with Crippen molar-refractivity contribution in [3.8, 4) is 11.4 Å². The van der Waals surface area contributed by atoms with Crippen molar-refractivity contribution in [2.75, 3.05) is 7.11 Å². The molecule has 0 aliphatic carbocycles. The highest BCUT2D eigenvalue weighted by Crippen LogP contribution is 2.30. The molecule has 96 valence electrons. The first-order valence-corrected chi connectivity index (χ1v) is 6.09. The van der Waals surface area contributed by atoms with Gasteiger partial charge in [0.1, 0.15) is 5.75 Å². The zero-order chi connectivity index (χ0) is 13.3. The summed E-state index contributed by atoms with van der Waals surface area (Å²) in [5.74, 6) is 0.755. The third-order valence-electron chi connectivity index (χ3n) is 3.09. The van der Waals surface area contributed by atoms with Gasteiger partial charge in [0.2, 0.25) is 0 Å². The van der Waals surface area contributed by atoms with E-state index in [0.717, 1.165) is 28.4 Å². The first-order chi connectivity index (χ1) is 8.58. The summed E-state index contributed by atoms with van der Waals surface area (Å²) >= 11 is 6.05. The second-order valence-electron chi connectivity index (χ2n) is 4.21. The highest BCUT2D eigenvalue weighted by molar-refractivity contribution is 6.30. The van der Waals surface area contributed by atoms with Crippen molar-refractivity contribution in [3.05, 3.63) is 46.2 Å². The van der Waals surface area contributed by atoms with Crippen molar-refractivity contribution in [2.24, 2.45) is 0 Å². The van der Waals surface area contributed by atoms with E-state index in [1.807, 2.05) is 36.6 Å². The van der Waals surface area contributed by atoms with Crippen LogP contribution in [0.4, 0.5) is 0 Å². The Morgan fingerprint density at radius 1 is 1.28 bits per heavy atom. The summed E-state index contributed by atoms with van der Waals surface area (Å²) < 4.78 is 7.40. The lowest BCUT2D eigenvalue weighted by molar-refractivity contribution is 0.281. The van der Waals surface area contributed by atoms with E-state index < -0.39 is 0 Å². The van der Waals surface area contributed by atoms with Crippen LogP contribution >= 0.6 is 11.6 Å². The number of aryl methyl sites for hydroxylation is 1. The number of ether oxygens (including phenoxy) is 1. The average Bonchev–Trinajstić information content (AvgIpc) is 2.64. The van der Waals surface area contributed by atoms with Gasteiger partial charge in [-0.05, 0) is 43.7 Å². The van der Waals surface area contributed by atoms with Gasteiger partial charge < -0.3 is 14.4 Å². The molecule has 1 N–H and O–H groups in total. The Kier molecular flexibility index (Phi) is 3.64. The van der Waals surface area contributed by atoms with Gasteiger partial charge in [0.05, 0.1) is 19.4 Å². The maximum absolute atomic E-state index is 9.31. The third kappa shape index (κ3) is 2.11. The molecule has 0 atom stereocenters. The highest BCUT2D eigenvalue weighted by atomic mass is 35.5. The first kappa shape index (κ1) is 13.0. The van der Waals surface area contributed by atoms with Crippen LogP contribution in [0.3, 0.4) is 0 Å². The van der Waals surface area contributed by atoms with E-state index in [1.54, 1.807) is 13.2 Å². The molecule has 0 amide bonds. The first-order valence-electron chi connectivity index (χ1n) is 5.71. The van der Waals surface area contributed by atoms with Crippen molar-refractivity contribution in [1.29, 1.82) is 0 Å². The number of hydrogen-bond donors (Lipinski definition) is 1. The predicted molar refractivity (Wildman–Crippen MR) is 72.7 cm³/mol. The molecular weight excluding hydrogens is 250 g/mol. The summed E-state index contributed by atoms with van der Waals surface area (Å²) in [6.07, 6.45) is 0. The van der Waals surface area contributed by atoms with Crippen molar-refractivity contribution < 1.29 is 9.84 Å². The van der Waals surface area contributed by atoms with Crippen LogP contribution in [-0.4, -0.2) is 16.8 Å². The topological polar surface area (TPSA) is 34.4 Å². The maximum atomic E-state index is 9.31. The normalized spacial score (nSPS) is 10.7. The molecule has 0 unspecified atom stereocenters. The van der Waals surface area contributed by atoms with Crippen molar-refractivity contribution in [3.63, 3.8) is 0 Å². The highest BCUT2D eigenvalue weighted by Gasteiger charge is 2.13. The molecule has 0 aliphatic heterocycles. The number of halogens is 1. The fourth-order valence-electron chi connectivity index (χ4n) is 2.20. The van der Waals surface area contributed by atoms with Crippen LogP contribution in [0.25, 0.3) is 5.69 Å². The van der Waals surface area contributed by atoms with Crippen molar-refractivity contribution >= 4 is 11.6 Å². The lowest BCUT2D eigenvalue weighted by atomic mass is 10.2. The van der Waals surface area contributed by atoms with Gasteiger partial charge in [-0.3, -0.25) is 0 Å². The monoisotopic (exact) mass is 265 g/mol. The number of hydrogen-bond acceptors (Lipinski definition) is 2. The summed E-state index contributed by atoms with van der Waals surface area (Å²) in [6, 6.07) is 7.47. The summed E-state index contributed by atoms with van der Waals surface area (Å²) in [7, 11) is 1.63. The van der Waals surface area contributed by atoms with E-state index in [1.165, 1.54) is 0 Å². The Bertz CT molecular complexity index is 575. The second kappa shape index (κ2) is 5.04. The summed E-state index contributed by atoms with van der Waals surface area (Å²) in [6.45, 7) is 3.99. The van der Waals surface area contributed by atoms with Crippen LogP contribution in [0.15, 0.2) is 24.3 Å². The van der Waals surface area contributed by atoms with Crippen LogP contribution in [0, 0.1) is 13.8 Å². The molecule has 1 heterocycles. The van der Waals surface area contributed by atoms with Gasteiger partial charge in [-0.2, -0.15) is 0 Å². The van der Waals surface area contributed by atoms with E-state index in [9.17, 15) is 5.11 Å². The molecule has 0 aliphatic rings. The van der Waals surface area contributed by atoms with Crippen LogP contribution < -0.4 is 4.74 Å². The zero-order valence-electron chi connectivity index (χ0n) is 10.7. The molecule has 1 aromatic carbocycles. The standard InChI is InChI=1S/C14H16ClNO2/c1-9-6-11(8-17)10(2)16(9)13-7-12(15)4-5-14(13)18-3/h4-7,17H,8H2,1-3H3. The van der Waals surface area contributed by atoms with Crippen LogP contribution in [-0.2, 0) is 6.61 Å². The molecule has 0 spiro atoms. The van der Waals surface area contributed by atoms with Crippen molar-refractivity contribution in [2.45, 2.75) is 20.5 Å². The predicted octanol–water partition coefficient (Wildman–Crippen LogP) is 3.25. The molecule has 2 rings (SSSR count). The van der Waals surface area contributed by atoms with Gasteiger partial charge in [-0.1, -0.05) is 11.6 Å². The van der Waals surface area contributed by atoms with Crippen LogP contribution in [0.2, 0.25) is 5.02 Å². The summed E-state index contributed by atoms with van der Waals surface area (Å²) in [4.78, 5) is 0.